The van der Waals surface area contributed by atoms with Gasteiger partial charge in [-0.05, 0) is 19.4 Å². The summed E-state index contributed by atoms with van der Waals surface area (Å²) in [6.45, 7) is 6.77. The summed E-state index contributed by atoms with van der Waals surface area (Å²) in [4.78, 5) is 22.3. The standard InChI is InChI=1S/C18H24N4O2/c1-5-7-8-11-21-13-9-10-15(24-4)20-17(13)22-14(6-2)19-12(3)16(22)18(21)23/h9-10H,5-8,11H2,1-4H3. The first-order chi connectivity index (χ1) is 11.6. The van der Waals surface area contributed by atoms with Crippen molar-refractivity contribution in [2.75, 3.05) is 7.11 Å². The number of aromatic nitrogens is 4. The summed E-state index contributed by atoms with van der Waals surface area (Å²) in [7, 11) is 1.60. The number of pyridine rings is 1. The minimum atomic E-state index is 0.00951. The van der Waals surface area contributed by atoms with Crippen molar-refractivity contribution in [2.24, 2.45) is 0 Å². The second kappa shape index (κ2) is 6.63. The van der Waals surface area contributed by atoms with Crippen LogP contribution < -0.4 is 10.3 Å². The maximum absolute atomic E-state index is 13.1. The van der Waals surface area contributed by atoms with Gasteiger partial charge in [0.05, 0.1) is 18.3 Å². The number of imidazole rings is 1. The van der Waals surface area contributed by atoms with E-state index in [0.717, 1.165) is 48.4 Å². The highest BCUT2D eigenvalue weighted by Gasteiger charge is 2.18. The highest BCUT2D eigenvalue weighted by molar-refractivity contribution is 5.77. The van der Waals surface area contributed by atoms with E-state index in [1.807, 2.05) is 28.9 Å². The lowest BCUT2D eigenvalue weighted by Gasteiger charge is -2.13. The molecule has 0 amide bonds. The fourth-order valence-electron chi connectivity index (χ4n) is 3.19. The minimum absolute atomic E-state index is 0.00951. The highest BCUT2D eigenvalue weighted by atomic mass is 16.5. The molecule has 0 aromatic carbocycles. The van der Waals surface area contributed by atoms with E-state index in [2.05, 4.69) is 16.9 Å². The van der Waals surface area contributed by atoms with Crippen LogP contribution in [0.1, 0.15) is 44.6 Å². The molecule has 0 atom stereocenters. The number of hydrogen-bond donors (Lipinski definition) is 0. The van der Waals surface area contributed by atoms with Crippen LogP contribution in [-0.4, -0.2) is 26.0 Å². The molecule has 3 aromatic heterocycles. The van der Waals surface area contributed by atoms with Crippen molar-refractivity contribution in [1.29, 1.82) is 0 Å². The van der Waals surface area contributed by atoms with Crippen molar-refractivity contribution >= 4 is 16.7 Å². The number of ether oxygens (including phenoxy) is 1. The van der Waals surface area contributed by atoms with E-state index in [9.17, 15) is 4.79 Å². The average Bonchev–Trinajstić information content (AvgIpc) is 2.94. The molecular formula is C18H24N4O2. The second-order valence-corrected chi connectivity index (χ2v) is 6.01. The zero-order chi connectivity index (χ0) is 17.3. The first-order valence-electron chi connectivity index (χ1n) is 8.57. The summed E-state index contributed by atoms with van der Waals surface area (Å²) in [5.74, 6) is 1.39. The molecule has 24 heavy (non-hydrogen) atoms. The third kappa shape index (κ3) is 2.56. The average molecular weight is 328 g/mol. The van der Waals surface area contributed by atoms with Crippen molar-refractivity contribution in [3.05, 3.63) is 34.0 Å². The van der Waals surface area contributed by atoms with Crippen LogP contribution in [0.5, 0.6) is 5.88 Å². The van der Waals surface area contributed by atoms with Gasteiger partial charge in [-0.25, -0.2) is 4.98 Å². The molecule has 6 nitrogen and oxygen atoms in total. The minimum Gasteiger partial charge on any atom is -0.481 e. The molecule has 0 saturated heterocycles. The van der Waals surface area contributed by atoms with Gasteiger partial charge in [0.15, 0.2) is 5.65 Å². The lowest BCUT2D eigenvalue weighted by atomic mass is 10.2. The molecule has 0 aliphatic carbocycles. The first kappa shape index (κ1) is 16.5. The Morgan fingerprint density at radius 1 is 1.17 bits per heavy atom. The van der Waals surface area contributed by atoms with E-state index >= 15 is 0 Å². The molecule has 0 unspecified atom stereocenters. The molecule has 128 valence electrons. The SMILES string of the molecule is CCCCCn1c(=O)c2c(C)nc(CC)n2c2nc(OC)ccc21. The number of methoxy groups -OCH3 is 1. The lowest BCUT2D eigenvalue weighted by Crippen LogP contribution is -2.24. The predicted molar refractivity (Wildman–Crippen MR) is 94.9 cm³/mol. The van der Waals surface area contributed by atoms with E-state index in [1.165, 1.54) is 0 Å². The highest BCUT2D eigenvalue weighted by Crippen LogP contribution is 2.21. The van der Waals surface area contributed by atoms with Crippen molar-refractivity contribution in [3.8, 4) is 5.88 Å². The molecule has 0 aliphatic rings. The van der Waals surface area contributed by atoms with Gasteiger partial charge in [-0.15, -0.1) is 0 Å². The maximum Gasteiger partial charge on any atom is 0.277 e. The van der Waals surface area contributed by atoms with Gasteiger partial charge in [-0.3, -0.25) is 9.20 Å². The molecule has 0 aliphatic heterocycles. The van der Waals surface area contributed by atoms with Gasteiger partial charge >= 0.3 is 0 Å². The number of hydrogen-bond acceptors (Lipinski definition) is 4. The monoisotopic (exact) mass is 328 g/mol. The molecule has 3 rings (SSSR count). The van der Waals surface area contributed by atoms with Gasteiger partial charge in [0.25, 0.3) is 5.56 Å². The zero-order valence-corrected chi connectivity index (χ0v) is 14.8. The van der Waals surface area contributed by atoms with E-state index in [4.69, 9.17) is 4.74 Å². The molecule has 0 spiro atoms. The number of aryl methyl sites for hydroxylation is 3. The van der Waals surface area contributed by atoms with Crippen LogP contribution in [0.15, 0.2) is 16.9 Å². The molecule has 0 bridgehead atoms. The van der Waals surface area contributed by atoms with Crippen molar-refractivity contribution < 1.29 is 4.74 Å². The van der Waals surface area contributed by atoms with Crippen molar-refractivity contribution in [1.82, 2.24) is 18.9 Å². The third-order valence-electron chi connectivity index (χ3n) is 4.41. The molecule has 0 N–H and O–H groups in total. The number of rotatable bonds is 6. The quantitative estimate of drug-likeness (QED) is 0.652. The maximum atomic E-state index is 13.1. The summed E-state index contributed by atoms with van der Waals surface area (Å²) in [6.07, 6.45) is 3.93. The molecule has 0 fully saturated rings. The van der Waals surface area contributed by atoms with Gasteiger partial charge < -0.3 is 9.30 Å². The van der Waals surface area contributed by atoms with Crippen LogP contribution in [0.4, 0.5) is 0 Å². The summed E-state index contributed by atoms with van der Waals surface area (Å²) in [6, 6.07) is 3.72. The lowest BCUT2D eigenvalue weighted by molar-refractivity contribution is 0.399. The molecule has 0 saturated carbocycles. The summed E-state index contributed by atoms with van der Waals surface area (Å²) in [5, 5.41) is 0. The van der Waals surface area contributed by atoms with Crippen LogP contribution in [0, 0.1) is 6.92 Å². The van der Waals surface area contributed by atoms with Crippen LogP contribution in [0.2, 0.25) is 0 Å². The fraction of sp³-hybridized carbons (Fsp3) is 0.500. The number of unbranched alkanes of at least 4 members (excludes halogenated alkanes) is 2. The normalized spacial score (nSPS) is 11.5. The predicted octanol–water partition coefficient (Wildman–Crippen LogP) is 3.11. The molecule has 6 heteroatoms. The molecule has 0 radical (unpaired) electrons. The molecule has 3 aromatic rings. The van der Waals surface area contributed by atoms with Crippen LogP contribution >= 0.6 is 0 Å². The van der Waals surface area contributed by atoms with Gasteiger partial charge in [0.2, 0.25) is 5.88 Å². The third-order valence-corrected chi connectivity index (χ3v) is 4.41. The Kier molecular flexibility index (Phi) is 4.55. The zero-order valence-electron chi connectivity index (χ0n) is 14.8. The van der Waals surface area contributed by atoms with E-state index in [0.29, 0.717) is 17.9 Å². The largest absolute Gasteiger partial charge is 0.481 e. The van der Waals surface area contributed by atoms with E-state index < -0.39 is 0 Å². The Morgan fingerprint density at radius 2 is 1.96 bits per heavy atom. The summed E-state index contributed by atoms with van der Waals surface area (Å²) >= 11 is 0. The Balaban J connectivity index is 2.39. The fourth-order valence-corrected chi connectivity index (χ4v) is 3.19. The summed E-state index contributed by atoms with van der Waals surface area (Å²) in [5.41, 5.74) is 2.95. The number of nitrogens with zero attached hydrogens (tertiary/aromatic N) is 4. The first-order valence-corrected chi connectivity index (χ1v) is 8.57. The van der Waals surface area contributed by atoms with Crippen LogP contribution in [0.25, 0.3) is 16.7 Å². The second-order valence-electron chi connectivity index (χ2n) is 6.01. The van der Waals surface area contributed by atoms with Crippen molar-refractivity contribution in [3.63, 3.8) is 0 Å². The Morgan fingerprint density at radius 3 is 2.62 bits per heavy atom. The summed E-state index contributed by atoms with van der Waals surface area (Å²) < 4.78 is 9.02. The van der Waals surface area contributed by atoms with E-state index in [-0.39, 0.29) is 5.56 Å². The number of fused-ring (bicyclic) bond motifs is 3. The van der Waals surface area contributed by atoms with E-state index in [1.54, 1.807) is 13.2 Å². The Hall–Kier alpha value is -2.37. The van der Waals surface area contributed by atoms with Crippen LogP contribution in [-0.2, 0) is 13.0 Å². The Labute approximate surface area is 141 Å². The van der Waals surface area contributed by atoms with Crippen molar-refractivity contribution in [2.45, 2.75) is 53.0 Å². The van der Waals surface area contributed by atoms with Gasteiger partial charge in [0.1, 0.15) is 11.3 Å². The van der Waals surface area contributed by atoms with Gasteiger partial charge in [-0.2, -0.15) is 4.98 Å². The Bertz CT molecular complexity index is 940. The smallest absolute Gasteiger partial charge is 0.277 e. The van der Waals surface area contributed by atoms with Crippen LogP contribution in [0.3, 0.4) is 0 Å². The topological polar surface area (TPSA) is 61.4 Å². The van der Waals surface area contributed by atoms with Gasteiger partial charge in [-0.1, -0.05) is 26.7 Å². The molecule has 3 heterocycles. The van der Waals surface area contributed by atoms with Gasteiger partial charge in [0, 0.05) is 19.0 Å². The molecular weight excluding hydrogens is 304 g/mol.